The summed E-state index contributed by atoms with van der Waals surface area (Å²) in [5.74, 6) is 1.69. The molecule has 1 fully saturated rings. The van der Waals surface area contributed by atoms with E-state index in [2.05, 4.69) is 26.6 Å². The van der Waals surface area contributed by atoms with Crippen molar-refractivity contribution in [3.8, 4) is 5.75 Å². The Balaban J connectivity index is 0.00000420. The summed E-state index contributed by atoms with van der Waals surface area (Å²) in [7, 11) is 1.77. The zero-order valence-electron chi connectivity index (χ0n) is 18.3. The topological polar surface area (TPSA) is 75.2 Å². The smallest absolute Gasteiger partial charge is 0.407 e. The zero-order chi connectivity index (χ0) is 20.7. The summed E-state index contributed by atoms with van der Waals surface area (Å²) in [6.45, 7) is 11.8. The van der Waals surface area contributed by atoms with Gasteiger partial charge in [-0.15, -0.1) is 24.0 Å². The molecule has 2 N–H and O–H groups in total. The third-order valence-corrected chi connectivity index (χ3v) is 4.14. The van der Waals surface area contributed by atoms with Gasteiger partial charge in [-0.2, -0.15) is 0 Å². The van der Waals surface area contributed by atoms with Gasteiger partial charge in [0.15, 0.2) is 5.96 Å². The van der Waals surface area contributed by atoms with E-state index >= 15 is 0 Å². The summed E-state index contributed by atoms with van der Waals surface area (Å²) in [5.41, 5.74) is 0.635. The Morgan fingerprint density at radius 2 is 2.07 bits per heavy atom. The minimum atomic E-state index is -0.492. The molecule has 29 heavy (non-hydrogen) atoms. The lowest BCUT2D eigenvalue weighted by molar-refractivity contribution is 0.0507. The number of carbonyl (C=O) groups is 1. The van der Waals surface area contributed by atoms with E-state index in [9.17, 15) is 4.79 Å². The van der Waals surface area contributed by atoms with Gasteiger partial charge in [-0.1, -0.05) is 12.1 Å². The largest absolute Gasteiger partial charge is 0.491 e. The Morgan fingerprint density at radius 3 is 2.69 bits per heavy atom. The molecule has 0 aromatic heterocycles. The number of amides is 1. The third kappa shape index (κ3) is 9.10. The number of hydrogen-bond donors (Lipinski definition) is 2. The van der Waals surface area contributed by atoms with Gasteiger partial charge in [-0.05, 0) is 58.7 Å². The van der Waals surface area contributed by atoms with E-state index in [1.54, 1.807) is 7.05 Å². The Kier molecular flexibility index (Phi) is 10.0. The van der Waals surface area contributed by atoms with Gasteiger partial charge in [0.1, 0.15) is 11.4 Å². The fourth-order valence-corrected chi connectivity index (χ4v) is 3.06. The predicted molar refractivity (Wildman–Crippen MR) is 127 cm³/mol. The number of hydrogen-bond acceptors (Lipinski definition) is 4. The number of rotatable bonds is 5. The molecule has 2 rings (SSSR count). The van der Waals surface area contributed by atoms with Crippen LogP contribution in [0.3, 0.4) is 0 Å². The highest BCUT2D eigenvalue weighted by Gasteiger charge is 2.27. The SMILES string of the molecule is CN=C(NCc1cccc(OC(C)C)c1)N1CC[C@@H](NC(=O)OC(C)(C)C)C1.I. The first-order chi connectivity index (χ1) is 13.2. The number of halogens is 1. The number of aliphatic imine (C=N–C) groups is 1. The maximum Gasteiger partial charge on any atom is 0.407 e. The second kappa shape index (κ2) is 11.5. The average Bonchev–Trinajstić information content (AvgIpc) is 3.01. The average molecular weight is 518 g/mol. The lowest BCUT2D eigenvalue weighted by atomic mass is 10.2. The molecule has 1 aromatic rings. The van der Waals surface area contributed by atoms with Crippen LogP contribution in [0.2, 0.25) is 0 Å². The minimum absolute atomic E-state index is 0. The Hall–Kier alpha value is -1.71. The van der Waals surface area contributed by atoms with Gasteiger partial charge >= 0.3 is 6.09 Å². The van der Waals surface area contributed by atoms with Crippen LogP contribution in [-0.4, -0.2) is 54.8 Å². The number of nitrogens with zero attached hydrogens (tertiary/aromatic N) is 2. The highest BCUT2D eigenvalue weighted by Crippen LogP contribution is 2.16. The highest BCUT2D eigenvalue weighted by atomic mass is 127. The number of likely N-dealkylation sites (tertiary alicyclic amines) is 1. The van der Waals surface area contributed by atoms with Gasteiger partial charge < -0.3 is 25.0 Å². The molecule has 1 saturated heterocycles. The van der Waals surface area contributed by atoms with E-state index in [0.717, 1.165) is 30.2 Å². The molecule has 7 nitrogen and oxygen atoms in total. The molecule has 1 aliphatic heterocycles. The van der Waals surface area contributed by atoms with Crippen molar-refractivity contribution in [1.82, 2.24) is 15.5 Å². The first-order valence-electron chi connectivity index (χ1n) is 9.87. The van der Waals surface area contributed by atoms with Crippen molar-refractivity contribution < 1.29 is 14.3 Å². The van der Waals surface area contributed by atoms with Gasteiger partial charge in [0, 0.05) is 26.7 Å². The number of ether oxygens (including phenoxy) is 2. The fourth-order valence-electron chi connectivity index (χ4n) is 3.06. The van der Waals surface area contributed by atoms with Crippen molar-refractivity contribution in [2.45, 2.75) is 65.3 Å². The van der Waals surface area contributed by atoms with Gasteiger partial charge in [-0.25, -0.2) is 4.79 Å². The quantitative estimate of drug-likeness (QED) is 0.353. The molecule has 8 heteroatoms. The number of benzene rings is 1. The zero-order valence-corrected chi connectivity index (χ0v) is 20.7. The van der Waals surface area contributed by atoms with E-state index in [1.807, 2.05) is 52.8 Å². The van der Waals surface area contributed by atoms with Crippen molar-refractivity contribution in [1.29, 1.82) is 0 Å². The first kappa shape index (κ1) is 25.3. The molecule has 0 radical (unpaired) electrons. The molecular formula is C21H35IN4O3. The van der Waals surface area contributed by atoms with Gasteiger partial charge in [0.2, 0.25) is 0 Å². The van der Waals surface area contributed by atoms with Crippen LogP contribution in [0.4, 0.5) is 4.79 Å². The molecule has 1 aliphatic rings. The lowest BCUT2D eigenvalue weighted by Crippen LogP contribution is -2.44. The molecule has 1 aromatic carbocycles. The van der Waals surface area contributed by atoms with Crippen LogP contribution in [0.25, 0.3) is 0 Å². The van der Waals surface area contributed by atoms with Gasteiger partial charge in [-0.3, -0.25) is 4.99 Å². The van der Waals surface area contributed by atoms with Crippen molar-refractivity contribution in [3.63, 3.8) is 0 Å². The monoisotopic (exact) mass is 518 g/mol. The molecule has 0 bridgehead atoms. The van der Waals surface area contributed by atoms with E-state index in [1.165, 1.54) is 0 Å². The summed E-state index contributed by atoms with van der Waals surface area (Å²) >= 11 is 0. The fraction of sp³-hybridized carbons (Fsp3) is 0.619. The maximum atomic E-state index is 12.0. The number of alkyl carbamates (subject to hydrolysis) is 1. The van der Waals surface area contributed by atoms with E-state index in [4.69, 9.17) is 9.47 Å². The number of carbonyl (C=O) groups excluding carboxylic acids is 1. The Morgan fingerprint density at radius 1 is 1.34 bits per heavy atom. The predicted octanol–water partition coefficient (Wildman–Crippen LogP) is 3.77. The number of nitrogens with one attached hydrogen (secondary N) is 2. The van der Waals surface area contributed by atoms with Crippen LogP contribution in [-0.2, 0) is 11.3 Å². The summed E-state index contributed by atoms with van der Waals surface area (Å²) < 4.78 is 11.1. The van der Waals surface area contributed by atoms with Crippen molar-refractivity contribution in [2.24, 2.45) is 4.99 Å². The van der Waals surface area contributed by atoms with Crippen molar-refractivity contribution >= 4 is 36.0 Å². The summed E-state index contributed by atoms with van der Waals surface area (Å²) in [4.78, 5) is 18.5. The normalized spacial score (nSPS) is 17.0. The third-order valence-electron chi connectivity index (χ3n) is 4.14. The van der Waals surface area contributed by atoms with Crippen LogP contribution in [0.5, 0.6) is 5.75 Å². The lowest BCUT2D eigenvalue weighted by Gasteiger charge is -2.23. The van der Waals surface area contributed by atoms with Gasteiger partial charge in [0.25, 0.3) is 0 Å². The maximum absolute atomic E-state index is 12.0. The molecule has 0 saturated carbocycles. The number of guanidine groups is 1. The second-order valence-electron chi connectivity index (χ2n) is 8.29. The van der Waals surface area contributed by atoms with Crippen molar-refractivity contribution in [3.05, 3.63) is 29.8 Å². The van der Waals surface area contributed by atoms with Crippen LogP contribution in [0, 0.1) is 0 Å². The molecule has 0 unspecified atom stereocenters. The first-order valence-corrected chi connectivity index (χ1v) is 9.87. The molecule has 1 amide bonds. The minimum Gasteiger partial charge on any atom is -0.491 e. The molecule has 164 valence electrons. The van der Waals surface area contributed by atoms with E-state index in [0.29, 0.717) is 13.1 Å². The van der Waals surface area contributed by atoms with Crippen molar-refractivity contribution in [2.75, 3.05) is 20.1 Å². The van der Waals surface area contributed by atoms with Crippen LogP contribution in [0.15, 0.2) is 29.3 Å². The van der Waals surface area contributed by atoms with E-state index in [-0.39, 0.29) is 42.2 Å². The summed E-state index contributed by atoms with van der Waals surface area (Å²) in [6.07, 6.45) is 0.636. The Bertz CT molecular complexity index is 689. The standard InChI is InChI=1S/C21H34N4O3.HI/c1-15(2)27-18-9-7-8-16(12-18)13-23-19(22-6)25-11-10-17(14-25)24-20(26)28-21(3,4)5;/h7-9,12,15,17H,10-11,13-14H2,1-6H3,(H,22,23)(H,24,26);1H/t17-;/m1./s1. The molecule has 1 heterocycles. The van der Waals surface area contributed by atoms with Gasteiger partial charge in [0.05, 0.1) is 12.1 Å². The molecule has 0 aliphatic carbocycles. The molecule has 0 spiro atoms. The highest BCUT2D eigenvalue weighted by molar-refractivity contribution is 14.0. The molecular weight excluding hydrogens is 483 g/mol. The van der Waals surface area contributed by atoms with Crippen LogP contribution >= 0.6 is 24.0 Å². The second-order valence-corrected chi connectivity index (χ2v) is 8.29. The van der Waals surface area contributed by atoms with E-state index < -0.39 is 5.60 Å². The summed E-state index contributed by atoms with van der Waals surface area (Å²) in [5, 5.41) is 6.34. The Labute approximate surface area is 191 Å². The molecule has 1 atom stereocenters. The van der Waals surface area contributed by atoms with Crippen LogP contribution in [0.1, 0.15) is 46.6 Å². The summed E-state index contributed by atoms with van der Waals surface area (Å²) in [6, 6.07) is 8.11. The van der Waals surface area contributed by atoms with Crippen LogP contribution < -0.4 is 15.4 Å².